The second-order valence-corrected chi connectivity index (χ2v) is 5.70. The monoisotopic (exact) mass is 227 g/mol. The normalized spacial score (nSPS) is 33.2. The lowest BCUT2D eigenvalue weighted by Crippen LogP contribution is -2.45. The fourth-order valence-electron chi connectivity index (χ4n) is 2.27. The van der Waals surface area contributed by atoms with Crippen molar-refractivity contribution >= 4 is 6.09 Å². The number of piperidine rings is 1. The molecule has 0 saturated carbocycles. The van der Waals surface area contributed by atoms with Crippen LogP contribution in [-0.2, 0) is 9.47 Å². The molecule has 0 spiro atoms. The number of epoxide rings is 1. The van der Waals surface area contributed by atoms with E-state index in [-0.39, 0.29) is 17.8 Å². The van der Waals surface area contributed by atoms with Crippen LogP contribution in [0.1, 0.15) is 40.5 Å². The maximum Gasteiger partial charge on any atom is 0.410 e. The zero-order valence-electron chi connectivity index (χ0n) is 10.6. The van der Waals surface area contributed by atoms with Crippen molar-refractivity contribution in [1.29, 1.82) is 0 Å². The number of likely N-dealkylation sites (tertiary alicyclic amines) is 1. The minimum Gasteiger partial charge on any atom is -0.444 e. The predicted molar refractivity (Wildman–Crippen MR) is 60.3 cm³/mol. The van der Waals surface area contributed by atoms with E-state index >= 15 is 0 Å². The molecule has 92 valence electrons. The summed E-state index contributed by atoms with van der Waals surface area (Å²) in [5.74, 6) is 0. The molecule has 2 heterocycles. The summed E-state index contributed by atoms with van der Waals surface area (Å²) >= 11 is 0. The third-order valence-electron chi connectivity index (χ3n) is 3.35. The highest BCUT2D eigenvalue weighted by Crippen LogP contribution is 2.46. The summed E-state index contributed by atoms with van der Waals surface area (Å²) in [7, 11) is 0. The van der Waals surface area contributed by atoms with E-state index in [0.29, 0.717) is 6.54 Å². The molecule has 2 saturated heterocycles. The van der Waals surface area contributed by atoms with Crippen molar-refractivity contribution in [3.63, 3.8) is 0 Å². The van der Waals surface area contributed by atoms with Gasteiger partial charge < -0.3 is 14.4 Å². The van der Waals surface area contributed by atoms with Crippen molar-refractivity contribution < 1.29 is 14.3 Å². The van der Waals surface area contributed by atoms with Crippen LogP contribution in [0.5, 0.6) is 0 Å². The standard InChI is InChI=1S/C12H21NO3/c1-5-12-6-7-13(8-9(12)15-12)10(14)16-11(2,3)4/h9H,5-8H2,1-4H3/t9-,12-/m0/s1. The Morgan fingerprint density at radius 1 is 1.56 bits per heavy atom. The summed E-state index contributed by atoms with van der Waals surface area (Å²) in [6, 6.07) is 0. The Hall–Kier alpha value is -0.770. The van der Waals surface area contributed by atoms with Crippen LogP contribution < -0.4 is 0 Å². The number of carbonyl (C=O) groups excluding carboxylic acids is 1. The van der Waals surface area contributed by atoms with Gasteiger partial charge in [0.2, 0.25) is 0 Å². The van der Waals surface area contributed by atoms with Crippen molar-refractivity contribution in [2.75, 3.05) is 13.1 Å². The van der Waals surface area contributed by atoms with Crippen LogP contribution in [0.3, 0.4) is 0 Å². The van der Waals surface area contributed by atoms with E-state index in [0.717, 1.165) is 19.4 Å². The first-order valence-electron chi connectivity index (χ1n) is 6.02. The lowest BCUT2D eigenvalue weighted by atomic mass is 9.94. The van der Waals surface area contributed by atoms with Crippen LogP contribution in [0.15, 0.2) is 0 Å². The quantitative estimate of drug-likeness (QED) is 0.645. The number of carbonyl (C=O) groups is 1. The van der Waals surface area contributed by atoms with Crippen molar-refractivity contribution in [2.24, 2.45) is 0 Å². The van der Waals surface area contributed by atoms with Gasteiger partial charge in [-0.25, -0.2) is 4.79 Å². The highest BCUT2D eigenvalue weighted by molar-refractivity contribution is 5.68. The molecule has 1 amide bonds. The summed E-state index contributed by atoms with van der Waals surface area (Å²) in [5.41, 5.74) is -0.334. The maximum atomic E-state index is 11.8. The van der Waals surface area contributed by atoms with Gasteiger partial charge in [-0.3, -0.25) is 0 Å². The van der Waals surface area contributed by atoms with E-state index in [1.165, 1.54) is 0 Å². The molecule has 0 aliphatic carbocycles. The molecule has 16 heavy (non-hydrogen) atoms. The van der Waals surface area contributed by atoms with Crippen LogP contribution >= 0.6 is 0 Å². The highest BCUT2D eigenvalue weighted by atomic mass is 16.6. The molecule has 2 rings (SSSR count). The van der Waals surface area contributed by atoms with Crippen molar-refractivity contribution in [3.8, 4) is 0 Å². The van der Waals surface area contributed by atoms with Crippen LogP contribution in [-0.4, -0.2) is 41.4 Å². The summed E-state index contributed by atoms with van der Waals surface area (Å²) in [5, 5.41) is 0. The number of rotatable bonds is 1. The Kier molecular flexibility index (Phi) is 2.65. The van der Waals surface area contributed by atoms with E-state index in [1.807, 2.05) is 20.8 Å². The van der Waals surface area contributed by atoms with E-state index in [4.69, 9.17) is 9.47 Å². The minimum absolute atomic E-state index is 0.0819. The van der Waals surface area contributed by atoms with Gasteiger partial charge in [-0.1, -0.05) is 6.92 Å². The van der Waals surface area contributed by atoms with Crippen molar-refractivity contribution in [1.82, 2.24) is 4.90 Å². The predicted octanol–water partition coefficient (Wildman–Crippen LogP) is 2.17. The molecule has 2 aliphatic rings. The van der Waals surface area contributed by atoms with Crippen LogP contribution in [0.25, 0.3) is 0 Å². The van der Waals surface area contributed by atoms with Gasteiger partial charge in [-0.05, 0) is 33.6 Å². The molecule has 0 aromatic heterocycles. The molecule has 4 heteroatoms. The number of hydrogen-bond acceptors (Lipinski definition) is 3. The molecule has 4 nitrogen and oxygen atoms in total. The van der Waals surface area contributed by atoms with Gasteiger partial charge in [0.25, 0.3) is 0 Å². The Morgan fingerprint density at radius 3 is 2.75 bits per heavy atom. The molecule has 2 fully saturated rings. The number of fused-ring (bicyclic) bond motifs is 1. The fraction of sp³-hybridized carbons (Fsp3) is 0.917. The minimum atomic E-state index is -0.416. The lowest BCUT2D eigenvalue weighted by molar-refractivity contribution is 0.0217. The highest BCUT2D eigenvalue weighted by Gasteiger charge is 2.58. The van der Waals surface area contributed by atoms with E-state index < -0.39 is 5.60 Å². The molecule has 0 radical (unpaired) electrons. The zero-order chi connectivity index (χ0) is 12.0. The van der Waals surface area contributed by atoms with Gasteiger partial charge >= 0.3 is 6.09 Å². The fourth-order valence-corrected chi connectivity index (χ4v) is 2.27. The van der Waals surface area contributed by atoms with Crippen molar-refractivity contribution in [2.45, 2.75) is 57.8 Å². The van der Waals surface area contributed by atoms with Crippen LogP contribution in [0, 0.1) is 0 Å². The first-order chi connectivity index (χ1) is 7.36. The first-order valence-corrected chi connectivity index (χ1v) is 6.02. The summed E-state index contributed by atoms with van der Waals surface area (Å²) in [6.45, 7) is 9.24. The molecule has 0 unspecified atom stereocenters. The maximum absolute atomic E-state index is 11.8. The average molecular weight is 227 g/mol. The average Bonchev–Trinajstić information content (AvgIpc) is 2.88. The summed E-state index contributed by atoms with van der Waals surface area (Å²) < 4.78 is 11.0. The molecule has 0 aromatic carbocycles. The van der Waals surface area contributed by atoms with E-state index in [9.17, 15) is 4.79 Å². The molecule has 0 bridgehead atoms. The number of amides is 1. The van der Waals surface area contributed by atoms with E-state index in [2.05, 4.69) is 6.92 Å². The van der Waals surface area contributed by atoms with Crippen molar-refractivity contribution in [3.05, 3.63) is 0 Å². The van der Waals surface area contributed by atoms with E-state index in [1.54, 1.807) is 4.90 Å². The summed E-state index contributed by atoms with van der Waals surface area (Å²) in [6.07, 6.45) is 2.00. The molecule has 0 aromatic rings. The van der Waals surface area contributed by atoms with Gasteiger partial charge in [-0.15, -0.1) is 0 Å². The second kappa shape index (κ2) is 3.62. The third-order valence-corrected chi connectivity index (χ3v) is 3.35. The topological polar surface area (TPSA) is 42.1 Å². The number of ether oxygens (including phenoxy) is 2. The second-order valence-electron chi connectivity index (χ2n) is 5.70. The van der Waals surface area contributed by atoms with Gasteiger partial charge in [0.1, 0.15) is 11.7 Å². The Bertz CT molecular complexity index is 297. The Morgan fingerprint density at radius 2 is 2.25 bits per heavy atom. The third kappa shape index (κ3) is 2.17. The molecule has 0 N–H and O–H groups in total. The molecular formula is C12H21NO3. The Balaban J connectivity index is 1.87. The smallest absolute Gasteiger partial charge is 0.410 e. The SMILES string of the molecule is CC[C@]12CCN(C(=O)OC(C)(C)C)C[C@@H]1O2. The van der Waals surface area contributed by atoms with Gasteiger partial charge in [-0.2, -0.15) is 0 Å². The first kappa shape index (κ1) is 11.7. The van der Waals surface area contributed by atoms with Crippen LogP contribution in [0.4, 0.5) is 4.79 Å². The zero-order valence-corrected chi connectivity index (χ0v) is 10.6. The largest absolute Gasteiger partial charge is 0.444 e. The van der Waals surface area contributed by atoms with Gasteiger partial charge in [0.15, 0.2) is 0 Å². The molecule has 2 aliphatic heterocycles. The summed E-state index contributed by atoms with van der Waals surface area (Å²) in [4.78, 5) is 13.6. The van der Waals surface area contributed by atoms with Gasteiger partial charge in [0.05, 0.1) is 12.1 Å². The number of hydrogen-bond donors (Lipinski definition) is 0. The Labute approximate surface area is 96.9 Å². The van der Waals surface area contributed by atoms with Crippen LogP contribution in [0.2, 0.25) is 0 Å². The van der Waals surface area contributed by atoms with Gasteiger partial charge in [0, 0.05) is 6.54 Å². The number of nitrogens with zero attached hydrogens (tertiary/aromatic N) is 1. The lowest BCUT2D eigenvalue weighted by Gasteiger charge is -2.30. The molecule has 2 atom stereocenters. The molecular weight excluding hydrogens is 206 g/mol.